The molecule has 1 saturated heterocycles. The van der Waals surface area contributed by atoms with E-state index in [2.05, 4.69) is 5.32 Å². The number of amides is 2. The molecule has 0 aromatic heterocycles. The van der Waals surface area contributed by atoms with Crippen LogP contribution in [0.25, 0.3) is 0 Å². The van der Waals surface area contributed by atoms with Crippen molar-refractivity contribution in [1.29, 1.82) is 0 Å². The summed E-state index contributed by atoms with van der Waals surface area (Å²) in [7, 11) is 4.94. The van der Waals surface area contributed by atoms with Gasteiger partial charge >= 0.3 is 6.03 Å². The summed E-state index contributed by atoms with van der Waals surface area (Å²) in [5.74, 6) is 1.27. The first-order valence-corrected chi connectivity index (χ1v) is 7.99. The molecule has 1 N–H and O–H groups in total. The van der Waals surface area contributed by atoms with Crippen LogP contribution in [0.1, 0.15) is 25.7 Å². The highest BCUT2D eigenvalue weighted by molar-refractivity contribution is 5.91. The van der Waals surface area contributed by atoms with Crippen molar-refractivity contribution in [3.05, 3.63) is 18.2 Å². The van der Waals surface area contributed by atoms with E-state index < -0.39 is 0 Å². The van der Waals surface area contributed by atoms with Crippen LogP contribution in [0.15, 0.2) is 18.2 Å². The van der Waals surface area contributed by atoms with Gasteiger partial charge in [0.2, 0.25) is 0 Å². The van der Waals surface area contributed by atoms with E-state index in [0.29, 0.717) is 23.7 Å². The highest BCUT2D eigenvalue weighted by atomic mass is 16.5. The van der Waals surface area contributed by atoms with Gasteiger partial charge < -0.3 is 24.4 Å². The number of nitrogens with one attached hydrogen (secondary N) is 1. The van der Waals surface area contributed by atoms with Gasteiger partial charge in [0.05, 0.1) is 26.0 Å². The molecule has 6 heteroatoms. The van der Waals surface area contributed by atoms with Gasteiger partial charge in [0.1, 0.15) is 11.5 Å². The molecule has 1 aliphatic rings. The molecule has 2 rings (SSSR count). The molecule has 23 heavy (non-hydrogen) atoms. The fourth-order valence-corrected chi connectivity index (χ4v) is 2.60. The Bertz CT molecular complexity index is 515. The lowest BCUT2D eigenvalue weighted by Gasteiger charge is -2.25. The zero-order valence-electron chi connectivity index (χ0n) is 14.1. The Morgan fingerprint density at radius 2 is 2.17 bits per heavy atom. The molecule has 1 aromatic carbocycles. The van der Waals surface area contributed by atoms with Crippen LogP contribution in [0, 0.1) is 0 Å². The van der Waals surface area contributed by atoms with Crippen molar-refractivity contribution in [3.8, 4) is 11.5 Å². The monoisotopic (exact) mass is 322 g/mol. The molecule has 0 aliphatic carbocycles. The standard InChI is InChI=1S/C17H26N2O4/c1-19(10-9-13-6-4-5-11-23-13)17(20)18-15-12-14(21-2)7-8-16(15)22-3/h7-8,12-13H,4-6,9-11H2,1-3H3,(H,18,20)/t13-/m0/s1. The quantitative estimate of drug-likeness (QED) is 0.874. The van der Waals surface area contributed by atoms with Crippen molar-refractivity contribution in [2.75, 3.05) is 39.7 Å². The minimum atomic E-state index is -0.174. The predicted octanol–water partition coefficient (Wildman–Crippen LogP) is 3.13. The van der Waals surface area contributed by atoms with E-state index in [9.17, 15) is 4.79 Å². The summed E-state index contributed by atoms with van der Waals surface area (Å²) < 4.78 is 16.2. The zero-order chi connectivity index (χ0) is 16.7. The van der Waals surface area contributed by atoms with Crippen molar-refractivity contribution < 1.29 is 19.0 Å². The van der Waals surface area contributed by atoms with Crippen molar-refractivity contribution in [1.82, 2.24) is 4.90 Å². The van der Waals surface area contributed by atoms with Gasteiger partial charge in [-0.2, -0.15) is 0 Å². The number of urea groups is 1. The molecular weight excluding hydrogens is 296 g/mol. The number of carbonyl (C=O) groups excluding carboxylic acids is 1. The Labute approximate surface area is 137 Å². The molecular formula is C17H26N2O4. The molecule has 0 saturated carbocycles. The van der Waals surface area contributed by atoms with E-state index in [1.165, 1.54) is 6.42 Å². The summed E-state index contributed by atoms with van der Waals surface area (Å²) in [6.07, 6.45) is 4.56. The third-order valence-corrected chi connectivity index (χ3v) is 4.06. The summed E-state index contributed by atoms with van der Waals surface area (Å²) in [6.45, 7) is 1.49. The van der Waals surface area contributed by atoms with E-state index in [1.54, 1.807) is 44.4 Å². The van der Waals surface area contributed by atoms with Crippen molar-refractivity contribution in [2.24, 2.45) is 0 Å². The number of methoxy groups -OCH3 is 2. The molecule has 1 heterocycles. The molecule has 0 unspecified atom stereocenters. The molecule has 1 aromatic rings. The lowest BCUT2D eigenvalue weighted by atomic mass is 10.1. The number of hydrogen-bond acceptors (Lipinski definition) is 4. The van der Waals surface area contributed by atoms with Crippen LogP contribution in [0.2, 0.25) is 0 Å². The average molecular weight is 322 g/mol. The van der Waals surface area contributed by atoms with Crippen molar-refractivity contribution in [3.63, 3.8) is 0 Å². The maximum Gasteiger partial charge on any atom is 0.321 e. The topological polar surface area (TPSA) is 60.0 Å². The van der Waals surface area contributed by atoms with E-state index in [4.69, 9.17) is 14.2 Å². The number of ether oxygens (including phenoxy) is 3. The fourth-order valence-electron chi connectivity index (χ4n) is 2.60. The van der Waals surface area contributed by atoms with Gasteiger partial charge in [-0.3, -0.25) is 0 Å². The molecule has 128 valence electrons. The number of carbonyl (C=O) groups is 1. The second-order valence-electron chi connectivity index (χ2n) is 5.70. The molecule has 2 amide bonds. The average Bonchev–Trinajstić information content (AvgIpc) is 2.60. The van der Waals surface area contributed by atoms with Gasteiger partial charge in [-0.05, 0) is 37.8 Å². The Hall–Kier alpha value is -1.95. The van der Waals surface area contributed by atoms with Crippen LogP contribution in [0.5, 0.6) is 11.5 Å². The highest BCUT2D eigenvalue weighted by Crippen LogP contribution is 2.29. The SMILES string of the molecule is COc1ccc(OC)c(NC(=O)N(C)CC[C@@H]2CCCCO2)c1. The molecule has 0 bridgehead atoms. The third-order valence-electron chi connectivity index (χ3n) is 4.06. The van der Waals surface area contributed by atoms with Crippen LogP contribution >= 0.6 is 0 Å². The van der Waals surface area contributed by atoms with Gasteiger partial charge in [0.15, 0.2) is 0 Å². The first kappa shape index (κ1) is 17.4. The molecule has 0 radical (unpaired) electrons. The highest BCUT2D eigenvalue weighted by Gasteiger charge is 2.17. The normalized spacial score (nSPS) is 17.4. The minimum Gasteiger partial charge on any atom is -0.497 e. The molecule has 6 nitrogen and oxygen atoms in total. The van der Waals surface area contributed by atoms with Crippen LogP contribution in [0.4, 0.5) is 10.5 Å². The van der Waals surface area contributed by atoms with E-state index in [1.807, 2.05) is 0 Å². The van der Waals surface area contributed by atoms with E-state index in [0.717, 1.165) is 25.9 Å². The lowest BCUT2D eigenvalue weighted by Crippen LogP contribution is -2.34. The first-order chi connectivity index (χ1) is 11.1. The van der Waals surface area contributed by atoms with Gasteiger partial charge in [-0.1, -0.05) is 0 Å². The van der Waals surface area contributed by atoms with Crippen LogP contribution < -0.4 is 14.8 Å². The van der Waals surface area contributed by atoms with Gasteiger partial charge in [0.25, 0.3) is 0 Å². The second-order valence-corrected chi connectivity index (χ2v) is 5.70. The molecule has 1 atom stereocenters. The molecule has 1 fully saturated rings. The number of anilines is 1. The van der Waals surface area contributed by atoms with Crippen LogP contribution in [-0.4, -0.2) is 51.5 Å². The third kappa shape index (κ3) is 5.03. The maximum absolute atomic E-state index is 12.3. The first-order valence-electron chi connectivity index (χ1n) is 7.99. The number of hydrogen-bond donors (Lipinski definition) is 1. The van der Waals surface area contributed by atoms with Gasteiger partial charge in [0, 0.05) is 26.3 Å². The Balaban J connectivity index is 1.89. The Morgan fingerprint density at radius 3 is 2.83 bits per heavy atom. The predicted molar refractivity (Wildman–Crippen MR) is 89.4 cm³/mol. The number of rotatable bonds is 6. The minimum absolute atomic E-state index is 0.174. The summed E-state index contributed by atoms with van der Waals surface area (Å²) in [4.78, 5) is 14.0. The molecule has 0 spiro atoms. The second kappa shape index (κ2) is 8.62. The van der Waals surface area contributed by atoms with Crippen molar-refractivity contribution in [2.45, 2.75) is 31.8 Å². The largest absolute Gasteiger partial charge is 0.497 e. The van der Waals surface area contributed by atoms with E-state index in [-0.39, 0.29) is 12.1 Å². The summed E-state index contributed by atoms with van der Waals surface area (Å²) >= 11 is 0. The van der Waals surface area contributed by atoms with Crippen LogP contribution in [0.3, 0.4) is 0 Å². The van der Waals surface area contributed by atoms with E-state index >= 15 is 0 Å². The van der Waals surface area contributed by atoms with Gasteiger partial charge in [-0.25, -0.2) is 4.79 Å². The maximum atomic E-state index is 12.3. The summed E-state index contributed by atoms with van der Waals surface area (Å²) in [6, 6.07) is 5.13. The smallest absolute Gasteiger partial charge is 0.321 e. The van der Waals surface area contributed by atoms with Gasteiger partial charge in [-0.15, -0.1) is 0 Å². The Kier molecular flexibility index (Phi) is 6.52. The van der Waals surface area contributed by atoms with Crippen LogP contribution in [-0.2, 0) is 4.74 Å². The lowest BCUT2D eigenvalue weighted by molar-refractivity contribution is 0.00848. The number of benzene rings is 1. The van der Waals surface area contributed by atoms with Crippen molar-refractivity contribution >= 4 is 11.7 Å². The Morgan fingerprint density at radius 1 is 1.35 bits per heavy atom. The number of nitrogens with zero attached hydrogens (tertiary/aromatic N) is 1. The summed E-state index contributed by atoms with van der Waals surface area (Å²) in [5, 5.41) is 2.86. The zero-order valence-corrected chi connectivity index (χ0v) is 14.1. The fraction of sp³-hybridized carbons (Fsp3) is 0.588. The molecule has 1 aliphatic heterocycles. The summed E-state index contributed by atoms with van der Waals surface area (Å²) in [5.41, 5.74) is 0.595.